The number of benzene rings is 1. The van der Waals surface area contributed by atoms with Crippen LogP contribution in [0.4, 0.5) is 4.39 Å². The predicted molar refractivity (Wildman–Crippen MR) is 59.5 cm³/mol. The highest BCUT2D eigenvalue weighted by atomic mass is 79.9. The van der Waals surface area contributed by atoms with Crippen molar-refractivity contribution in [2.24, 2.45) is 0 Å². The van der Waals surface area contributed by atoms with Gasteiger partial charge in [0.15, 0.2) is 0 Å². The summed E-state index contributed by atoms with van der Waals surface area (Å²) in [6, 6.07) is 3.12. The largest absolute Gasteiger partial charge is 0.481 e. The van der Waals surface area contributed by atoms with Crippen LogP contribution in [0.3, 0.4) is 0 Å². The maximum Gasteiger partial charge on any atom is 0.307 e. The Hall–Kier alpha value is -0.900. The normalized spacial score (nSPS) is 10.7. The number of halogens is 2. The van der Waals surface area contributed by atoms with E-state index in [0.717, 1.165) is 0 Å². The summed E-state index contributed by atoms with van der Waals surface area (Å²) >= 11 is 3.09. The average molecular weight is 275 g/mol. The van der Waals surface area contributed by atoms with Gasteiger partial charge in [0, 0.05) is 0 Å². The number of carboxylic acids is 1. The van der Waals surface area contributed by atoms with Crippen LogP contribution in [-0.2, 0) is 11.2 Å². The maximum atomic E-state index is 13.6. The number of carbonyl (C=O) groups is 1. The molecule has 1 aromatic carbocycles. The molecule has 1 rings (SSSR count). The standard InChI is InChI=1S/C11H12BrFO2/c1-6(2)8-3-7(5-10(14)15)4-9(12)11(8)13/h3-4,6H,5H2,1-2H3,(H,14,15). The molecule has 0 amide bonds. The molecule has 0 aromatic heterocycles. The van der Waals surface area contributed by atoms with Gasteiger partial charge in [-0.15, -0.1) is 0 Å². The van der Waals surface area contributed by atoms with Crippen molar-refractivity contribution in [3.8, 4) is 0 Å². The lowest BCUT2D eigenvalue weighted by Gasteiger charge is -2.10. The first-order chi connectivity index (χ1) is 6.91. The van der Waals surface area contributed by atoms with Crippen molar-refractivity contribution < 1.29 is 14.3 Å². The Morgan fingerprint density at radius 3 is 2.60 bits per heavy atom. The van der Waals surface area contributed by atoms with Crippen molar-refractivity contribution in [1.29, 1.82) is 0 Å². The summed E-state index contributed by atoms with van der Waals surface area (Å²) in [5.41, 5.74) is 1.15. The average Bonchev–Trinajstić information content (AvgIpc) is 2.09. The smallest absolute Gasteiger partial charge is 0.307 e. The Bertz CT molecular complexity index is 388. The lowest BCUT2D eigenvalue weighted by atomic mass is 9.99. The zero-order valence-electron chi connectivity index (χ0n) is 8.55. The van der Waals surface area contributed by atoms with Gasteiger partial charge in [-0.1, -0.05) is 19.9 Å². The summed E-state index contributed by atoms with van der Waals surface area (Å²) in [6.07, 6.45) is -0.0847. The van der Waals surface area contributed by atoms with Gasteiger partial charge in [-0.05, 0) is 39.0 Å². The first-order valence-corrected chi connectivity index (χ1v) is 5.40. The van der Waals surface area contributed by atoms with E-state index in [2.05, 4.69) is 15.9 Å². The fourth-order valence-electron chi connectivity index (χ4n) is 1.37. The molecule has 0 unspecified atom stereocenters. The lowest BCUT2D eigenvalue weighted by Crippen LogP contribution is -2.03. The number of hydrogen-bond acceptors (Lipinski definition) is 1. The zero-order valence-corrected chi connectivity index (χ0v) is 10.1. The van der Waals surface area contributed by atoms with Crippen LogP contribution in [0.15, 0.2) is 16.6 Å². The highest BCUT2D eigenvalue weighted by Gasteiger charge is 2.13. The molecule has 0 spiro atoms. The summed E-state index contributed by atoms with van der Waals surface area (Å²) in [7, 11) is 0. The third kappa shape index (κ3) is 3.02. The first-order valence-electron chi connectivity index (χ1n) is 4.61. The van der Waals surface area contributed by atoms with Crippen LogP contribution in [0.1, 0.15) is 30.9 Å². The zero-order chi connectivity index (χ0) is 11.6. The second-order valence-corrected chi connectivity index (χ2v) is 4.56. The Labute approximate surface area is 96.2 Å². The Balaban J connectivity index is 3.17. The van der Waals surface area contributed by atoms with Crippen molar-refractivity contribution in [3.63, 3.8) is 0 Å². The topological polar surface area (TPSA) is 37.3 Å². The third-order valence-corrected chi connectivity index (χ3v) is 2.67. The van der Waals surface area contributed by atoms with Crippen molar-refractivity contribution >= 4 is 21.9 Å². The Morgan fingerprint density at radius 2 is 2.13 bits per heavy atom. The quantitative estimate of drug-likeness (QED) is 0.918. The van der Waals surface area contributed by atoms with Crippen molar-refractivity contribution in [2.45, 2.75) is 26.2 Å². The van der Waals surface area contributed by atoms with Crippen LogP contribution >= 0.6 is 15.9 Å². The summed E-state index contributed by atoms with van der Waals surface area (Å²) in [6.45, 7) is 3.74. The molecular formula is C11H12BrFO2. The molecule has 0 aliphatic rings. The lowest BCUT2D eigenvalue weighted by molar-refractivity contribution is -0.136. The van der Waals surface area contributed by atoms with Crippen LogP contribution in [0, 0.1) is 5.82 Å². The molecule has 0 atom stereocenters. The molecule has 1 N–H and O–H groups in total. The number of carboxylic acid groups (broad SMARTS) is 1. The summed E-state index contributed by atoms with van der Waals surface area (Å²) in [5, 5.41) is 8.65. The van der Waals surface area contributed by atoms with Crippen LogP contribution < -0.4 is 0 Å². The molecule has 82 valence electrons. The van der Waals surface area contributed by atoms with E-state index in [1.165, 1.54) is 6.07 Å². The second-order valence-electron chi connectivity index (χ2n) is 3.71. The highest BCUT2D eigenvalue weighted by Crippen LogP contribution is 2.27. The summed E-state index contributed by atoms with van der Waals surface area (Å²) in [4.78, 5) is 10.5. The fraction of sp³-hybridized carbons (Fsp3) is 0.364. The van der Waals surface area contributed by atoms with Crippen molar-refractivity contribution in [2.75, 3.05) is 0 Å². The van der Waals surface area contributed by atoms with Gasteiger partial charge < -0.3 is 5.11 Å². The van der Waals surface area contributed by atoms with E-state index in [0.29, 0.717) is 15.6 Å². The minimum absolute atomic E-state index is 0.0371. The monoisotopic (exact) mass is 274 g/mol. The van der Waals surface area contributed by atoms with Crippen LogP contribution in [0.25, 0.3) is 0 Å². The van der Waals surface area contributed by atoms with Crippen molar-refractivity contribution in [1.82, 2.24) is 0 Å². The second kappa shape index (κ2) is 4.75. The van der Waals surface area contributed by atoms with Gasteiger partial charge >= 0.3 is 5.97 Å². The molecule has 0 aliphatic carbocycles. The molecule has 0 saturated carbocycles. The van der Waals surface area contributed by atoms with E-state index in [1.54, 1.807) is 6.07 Å². The minimum atomic E-state index is -0.914. The van der Waals surface area contributed by atoms with Crippen molar-refractivity contribution in [3.05, 3.63) is 33.5 Å². The fourth-order valence-corrected chi connectivity index (χ4v) is 1.89. The SMILES string of the molecule is CC(C)c1cc(CC(=O)O)cc(Br)c1F. The Kier molecular flexibility index (Phi) is 3.85. The molecule has 0 heterocycles. The Morgan fingerprint density at radius 1 is 1.53 bits per heavy atom. The highest BCUT2D eigenvalue weighted by molar-refractivity contribution is 9.10. The number of hydrogen-bond donors (Lipinski definition) is 1. The number of rotatable bonds is 3. The molecule has 0 saturated heterocycles. The maximum absolute atomic E-state index is 13.6. The molecule has 2 nitrogen and oxygen atoms in total. The van der Waals surface area contributed by atoms with E-state index in [4.69, 9.17) is 5.11 Å². The minimum Gasteiger partial charge on any atom is -0.481 e. The van der Waals surface area contributed by atoms with Crippen LogP contribution in [0.5, 0.6) is 0 Å². The van der Waals surface area contributed by atoms with Gasteiger partial charge in [0.2, 0.25) is 0 Å². The molecule has 0 aliphatic heterocycles. The van der Waals surface area contributed by atoms with Gasteiger partial charge in [0.25, 0.3) is 0 Å². The first kappa shape index (κ1) is 12.2. The third-order valence-electron chi connectivity index (χ3n) is 2.09. The van der Waals surface area contributed by atoms with E-state index >= 15 is 0 Å². The predicted octanol–water partition coefficient (Wildman–Crippen LogP) is 3.34. The molecule has 15 heavy (non-hydrogen) atoms. The molecule has 0 radical (unpaired) electrons. The molecule has 4 heteroatoms. The van der Waals surface area contributed by atoms with Crippen LogP contribution in [0.2, 0.25) is 0 Å². The van der Waals surface area contributed by atoms with E-state index in [1.807, 2.05) is 13.8 Å². The van der Waals surface area contributed by atoms with E-state index < -0.39 is 5.97 Å². The van der Waals surface area contributed by atoms with E-state index in [9.17, 15) is 9.18 Å². The van der Waals surface area contributed by atoms with Gasteiger partial charge in [0.05, 0.1) is 10.9 Å². The molecule has 0 bridgehead atoms. The molecule has 1 aromatic rings. The van der Waals surface area contributed by atoms with Gasteiger partial charge in [-0.25, -0.2) is 4.39 Å². The molecule has 0 fully saturated rings. The van der Waals surface area contributed by atoms with Gasteiger partial charge in [0.1, 0.15) is 5.82 Å². The molecular weight excluding hydrogens is 263 g/mol. The van der Waals surface area contributed by atoms with E-state index in [-0.39, 0.29) is 18.2 Å². The van der Waals surface area contributed by atoms with Gasteiger partial charge in [-0.3, -0.25) is 4.79 Å². The van der Waals surface area contributed by atoms with Gasteiger partial charge in [-0.2, -0.15) is 0 Å². The number of aliphatic carboxylic acids is 1. The van der Waals surface area contributed by atoms with Crippen LogP contribution in [-0.4, -0.2) is 11.1 Å². The summed E-state index contributed by atoms with van der Waals surface area (Å²) < 4.78 is 13.9. The summed E-state index contributed by atoms with van der Waals surface area (Å²) in [5.74, 6) is -1.18.